The van der Waals surface area contributed by atoms with Crippen molar-refractivity contribution in [3.8, 4) is 0 Å². The number of nitrogens with two attached hydrogens (primary N) is 1. The molecular formula is C12H20N2S. The van der Waals surface area contributed by atoms with Crippen molar-refractivity contribution < 1.29 is 0 Å². The fourth-order valence-electron chi connectivity index (χ4n) is 2.63. The molecule has 0 spiro atoms. The van der Waals surface area contributed by atoms with Gasteiger partial charge in [-0.15, -0.1) is 11.3 Å². The zero-order chi connectivity index (χ0) is 10.6. The Hall–Kier alpha value is -0.410. The van der Waals surface area contributed by atoms with E-state index in [1.54, 1.807) is 11.3 Å². The molecule has 0 atom stereocenters. The molecule has 2 rings (SSSR count). The summed E-state index contributed by atoms with van der Waals surface area (Å²) >= 11 is 1.77. The summed E-state index contributed by atoms with van der Waals surface area (Å²) in [6.07, 6.45) is 11.3. The van der Waals surface area contributed by atoms with Gasteiger partial charge in [0.2, 0.25) is 0 Å². The quantitative estimate of drug-likeness (QED) is 0.802. The van der Waals surface area contributed by atoms with Crippen molar-refractivity contribution in [1.82, 2.24) is 4.98 Å². The molecule has 1 aromatic rings. The maximum absolute atomic E-state index is 6.01. The van der Waals surface area contributed by atoms with Crippen LogP contribution >= 0.6 is 11.3 Å². The van der Waals surface area contributed by atoms with Crippen LogP contribution in [0.3, 0.4) is 0 Å². The fraction of sp³-hybridized carbons (Fsp3) is 0.750. The summed E-state index contributed by atoms with van der Waals surface area (Å²) in [5, 5.41) is 0. The highest BCUT2D eigenvalue weighted by molar-refractivity contribution is 7.09. The summed E-state index contributed by atoms with van der Waals surface area (Å²) in [7, 11) is 0. The van der Waals surface area contributed by atoms with Crippen molar-refractivity contribution in [2.24, 2.45) is 11.1 Å². The van der Waals surface area contributed by atoms with E-state index in [0.29, 0.717) is 5.41 Å². The van der Waals surface area contributed by atoms with Gasteiger partial charge in [0.25, 0.3) is 0 Å². The summed E-state index contributed by atoms with van der Waals surface area (Å²) in [5.41, 5.74) is 8.31. The number of hydrogen-bond donors (Lipinski definition) is 1. The molecule has 84 valence electrons. The van der Waals surface area contributed by atoms with E-state index < -0.39 is 0 Å². The molecule has 1 heterocycles. The smallest absolute Gasteiger partial charge is 0.0794 e. The van der Waals surface area contributed by atoms with Gasteiger partial charge in [-0.2, -0.15) is 0 Å². The van der Waals surface area contributed by atoms with Crippen LogP contribution in [0.4, 0.5) is 0 Å². The van der Waals surface area contributed by atoms with Gasteiger partial charge in [0.05, 0.1) is 5.51 Å². The molecule has 0 aliphatic heterocycles. The van der Waals surface area contributed by atoms with Gasteiger partial charge in [-0.3, -0.25) is 4.98 Å². The Labute approximate surface area is 95.9 Å². The van der Waals surface area contributed by atoms with E-state index in [1.807, 2.05) is 11.7 Å². The van der Waals surface area contributed by atoms with Crippen LogP contribution in [0.1, 0.15) is 43.4 Å². The van der Waals surface area contributed by atoms with E-state index in [9.17, 15) is 0 Å². The second-order valence-corrected chi connectivity index (χ2v) is 5.73. The summed E-state index contributed by atoms with van der Waals surface area (Å²) in [4.78, 5) is 5.56. The first kappa shape index (κ1) is 11.1. The average molecular weight is 224 g/mol. The normalized spacial score (nSPS) is 21.1. The van der Waals surface area contributed by atoms with Crippen LogP contribution in [-0.4, -0.2) is 11.5 Å². The molecule has 1 saturated carbocycles. The largest absolute Gasteiger partial charge is 0.330 e. The van der Waals surface area contributed by atoms with Gasteiger partial charge in [0.15, 0.2) is 0 Å². The fourth-order valence-corrected chi connectivity index (χ4v) is 3.40. The molecule has 0 amide bonds. The first-order valence-electron chi connectivity index (χ1n) is 5.92. The zero-order valence-electron chi connectivity index (χ0n) is 9.24. The monoisotopic (exact) mass is 224 g/mol. The van der Waals surface area contributed by atoms with Crippen LogP contribution in [0.15, 0.2) is 11.7 Å². The first-order valence-corrected chi connectivity index (χ1v) is 6.80. The van der Waals surface area contributed by atoms with Gasteiger partial charge in [-0.05, 0) is 31.2 Å². The molecule has 0 radical (unpaired) electrons. The summed E-state index contributed by atoms with van der Waals surface area (Å²) in [6, 6.07) is 0. The lowest BCUT2D eigenvalue weighted by Crippen LogP contribution is -2.32. The highest BCUT2D eigenvalue weighted by atomic mass is 32.1. The van der Waals surface area contributed by atoms with Gasteiger partial charge in [-0.1, -0.05) is 25.7 Å². The Bertz CT molecular complexity index is 274. The minimum atomic E-state index is 0.378. The Balaban J connectivity index is 2.05. The Morgan fingerprint density at radius 3 is 2.53 bits per heavy atom. The van der Waals surface area contributed by atoms with E-state index in [1.165, 1.54) is 43.4 Å². The molecule has 1 fully saturated rings. The molecule has 15 heavy (non-hydrogen) atoms. The van der Waals surface area contributed by atoms with Crippen molar-refractivity contribution in [2.75, 3.05) is 6.54 Å². The predicted molar refractivity (Wildman–Crippen MR) is 65.0 cm³/mol. The minimum Gasteiger partial charge on any atom is -0.330 e. The lowest BCUT2D eigenvalue weighted by molar-refractivity contribution is 0.254. The Morgan fingerprint density at radius 2 is 2.00 bits per heavy atom. The van der Waals surface area contributed by atoms with Crippen molar-refractivity contribution in [3.63, 3.8) is 0 Å². The van der Waals surface area contributed by atoms with Gasteiger partial charge in [0, 0.05) is 11.1 Å². The van der Waals surface area contributed by atoms with Crippen LogP contribution in [0.5, 0.6) is 0 Å². The molecule has 1 aromatic heterocycles. The minimum absolute atomic E-state index is 0.378. The van der Waals surface area contributed by atoms with Crippen molar-refractivity contribution >= 4 is 11.3 Å². The van der Waals surface area contributed by atoms with Crippen LogP contribution in [0.2, 0.25) is 0 Å². The van der Waals surface area contributed by atoms with Gasteiger partial charge < -0.3 is 5.73 Å². The number of hydrogen-bond acceptors (Lipinski definition) is 3. The summed E-state index contributed by atoms with van der Waals surface area (Å²) in [5.74, 6) is 0. The number of thiazole rings is 1. The zero-order valence-corrected chi connectivity index (χ0v) is 10.1. The third-order valence-electron chi connectivity index (χ3n) is 3.63. The Kier molecular flexibility index (Phi) is 3.76. The van der Waals surface area contributed by atoms with E-state index >= 15 is 0 Å². The van der Waals surface area contributed by atoms with Crippen LogP contribution < -0.4 is 5.73 Å². The first-order chi connectivity index (χ1) is 7.35. The predicted octanol–water partition coefficient (Wildman–Crippen LogP) is 2.98. The van der Waals surface area contributed by atoms with Gasteiger partial charge >= 0.3 is 0 Å². The SMILES string of the molecule is NCC1(Cc2cncs2)CCCCCC1. The lowest BCUT2D eigenvalue weighted by Gasteiger charge is -2.30. The van der Waals surface area contributed by atoms with E-state index in [-0.39, 0.29) is 0 Å². The third-order valence-corrected chi connectivity index (χ3v) is 4.41. The van der Waals surface area contributed by atoms with Crippen molar-refractivity contribution in [2.45, 2.75) is 44.9 Å². The molecule has 0 saturated heterocycles. The summed E-state index contributed by atoms with van der Waals surface area (Å²) < 4.78 is 0. The highest BCUT2D eigenvalue weighted by Crippen LogP contribution is 2.37. The molecule has 1 aliphatic rings. The molecule has 0 unspecified atom stereocenters. The maximum Gasteiger partial charge on any atom is 0.0794 e. The molecule has 2 N–H and O–H groups in total. The molecule has 0 aromatic carbocycles. The molecule has 0 bridgehead atoms. The van der Waals surface area contributed by atoms with Gasteiger partial charge in [-0.25, -0.2) is 0 Å². The highest BCUT2D eigenvalue weighted by Gasteiger charge is 2.29. The number of nitrogens with zero attached hydrogens (tertiary/aromatic N) is 1. The van der Waals surface area contributed by atoms with Gasteiger partial charge in [0.1, 0.15) is 0 Å². The standard InChI is InChI=1S/C12H20N2S/c13-9-12(5-3-1-2-4-6-12)7-11-8-14-10-15-11/h8,10H,1-7,9,13H2. The molecular weight excluding hydrogens is 204 g/mol. The van der Waals surface area contributed by atoms with Crippen LogP contribution in [-0.2, 0) is 6.42 Å². The molecule has 3 heteroatoms. The van der Waals surface area contributed by atoms with Crippen LogP contribution in [0.25, 0.3) is 0 Å². The Morgan fingerprint density at radius 1 is 1.27 bits per heavy atom. The van der Waals surface area contributed by atoms with E-state index in [0.717, 1.165) is 13.0 Å². The van der Waals surface area contributed by atoms with Crippen LogP contribution in [0, 0.1) is 5.41 Å². The molecule has 1 aliphatic carbocycles. The van der Waals surface area contributed by atoms with E-state index in [2.05, 4.69) is 4.98 Å². The lowest BCUT2D eigenvalue weighted by atomic mass is 9.77. The summed E-state index contributed by atoms with van der Waals surface area (Å²) in [6.45, 7) is 0.838. The second kappa shape index (κ2) is 5.08. The molecule has 2 nitrogen and oxygen atoms in total. The van der Waals surface area contributed by atoms with Crippen molar-refractivity contribution in [1.29, 1.82) is 0 Å². The second-order valence-electron chi connectivity index (χ2n) is 4.76. The average Bonchev–Trinajstić information content (AvgIpc) is 2.64. The number of rotatable bonds is 3. The topological polar surface area (TPSA) is 38.9 Å². The maximum atomic E-state index is 6.01. The van der Waals surface area contributed by atoms with Crippen molar-refractivity contribution in [3.05, 3.63) is 16.6 Å². The third kappa shape index (κ3) is 2.79. The number of aromatic nitrogens is 1. The van der Waals surface area contributed by atoms with E-state index in [4.69, 9.17) is 5.73 Å².